The normalized spacial score (nSPS) is 10.1. The second-order valence-electron chi connectivity index (χ2n) is 4.62. The van der Waals surface area contributed by atoms with Crippen molar-refractivity contribution in [2.45, 2.75) is 13.5 Å². The van der Waals surface area contributed by atoms with Crippen molar-refractivity contribution in [3.8, 4) is 11.8 Å². The second-order valence-corrected chi connectivity index (χ2v) is 4.62. The van der Waals surface area contributed by atoms with Crippen molar-refractivity contribution in [2.24, 2.45) is 7.05 Å². The van der Waals surface area contributed by atoms with E-state index >= 15 is 0 Å². The largest absolute Gasteiger partial charge is 0.508 e. The summed E-state index contributed by atoms with van der Waals surface area (Å²) in [6, 6.07) is 7.77. The van der Waals surface area contributed by atoms with Crippen LogP contribution in [0.2, 0.25) is 0 Å². The molecule has 2 aromatic rings. The second kappa shape index (κ2) is 5.54. The van der Waals surface area contributed by atoms with Gasteiger partial charge in [-0.05, 0) is 30.7 Å². The zero-order chi connectivity index (χ0) is 15.6. The van der Waals surface area contributed by atoms with E-state index in [4.69, 9.17) is 5.26 Å². The number of nitrogens with one attached hydrogen (secondary N) is 1. The summed E-state index contributed by atoms with van der Waals surface area (Å²) in [6.45, 7) is 2.23. The molecule has 0 aliphatic carbocycles. The molecule has 0 aliphatic heterocycles. The molecule has 0 amide bonds. The number of phenols is 1. The fourth-order valence-corrected chi connectivity index (χ4v) is 2.06. The van der Waals surface area contributed by atoms with Crippen LogP contribution in [0.1, 0.15) is 17.0 Å². The number of anilines is 1. The van der Waals surface area contributed by atoms with Crippen LogP contribution in [0, 0.1) is 28.4 Å². The molecule has 0 atom stereocenters. The first-order valence-corrected chi connectivity index (χ1v) is 6.20. The standard InChI is InChI=1S/C14H14N4O3/c1-9-10(5-11(7-15)17(9)2)8-16-13-4-3-12(19)6-14(13)18(20)21/h3-6,16,19H,8H2,1-2H3. The van der Waals surface area contributed by atoms with E-state index in [9.17, 15) is 15.2 Å². The molecule has 0 aliphatic rings. The molecule has 0 bridgehead atoms. The number of rotatable bonds is 4. The molecule has 2 rings (SSSR count). The molecule has 7 nitrogen and oxygen atoms in total. The van der Waals surface area contributed by atoms with Gasteiger partial charge in [-0.15, -0.1) is 0 Å². The van der Waals surface area contributed by atoms with E-state index in [1.165, 1.54) is 12.1 Å². The van der Waals surface area contributed by atoms with Crippen molar-refractivity contribution in [3.63, 3.8) is 0 Å². The molecule has 1 aromatic heterocycles. The van der Waals surface area contributed by atoms with Crippen molar-refractivity contribution in [1.29, 1.82) is 5.26 Å². The third-order valence-electron chi connectivity index (χ3n) is 3.40. The maximum absolute atomic E-state index is 11.0. The third kappa shape index (κ3) is 2.79. The zero-order valence-corrected chi connectivity index (χ0v) is 11.6. The van der Waals surface area contributed by atoms with Gasteiger partial charge >= 0.3 is 0 Å². The topological polar surface area (TPSA) is 104 Å². The number of aromatic hydroxyl groups is 1. The van der Waals surface area contributed by atoms with Gasteiger partial charge in [0.1, 0.15) is 23.2 Å². The van der Waals surface area contributed by atoms with Crippen molar-refractivity contribution >= 4 is 11.4 Å². The molecule has 21 heavy (non-hydrogen) atoms. The van der Waals surface area contributed by atoms with E-state index in [-0.39, 0.29) is 11.4 Å². The van der Waals surface area contributed by atoms with Gasteiger partial charge < -0.3 is 15.0 Å². The number of nitro benzene ring substituents is 1. The molecule has 0 fully saturated rings. The Kier molecular flexibility index (Phi) is 3.80. The van der Waals surface area contributed by atoms with Crippen LogP contribution in [-0.2, 0) is 13.6 Å². The van der Waals surface area contributed by atoms with Crippen molar-refractivity contribution in [1.82, 2.24) is 4.57 Å². The lowest BCUT2D eigenvalue weighted by Crippen LogP contribution is -2.03. The number of nitrogens with zero attached hydrogens (tertiary/aromatic N) is 3. The van der Waals surface area contributed by atoms with Gasteiger partial charge in [-0.1, -0.05) is 0 Å². The molecule has 2 N–H and O–H groups in total. The molecular formula is C14H14N4O3. The van der Waals surface area contributed by atoms with Crippen molar-refractivity contribution in [3.05, 3.63) is 51.3 Å². The van der Waals surface area contributed by atoms with Gasteiger partial charge in [0.2, 0.25) is 0 Å². The summed E-state index contributed by atoms with van der Waals surface area (Å²) < 4.78 is 1.77. The lowest BCUT2D eigenvalue weighted by atomic mass is 10.2. The van der Waals surface area contributed by atoms with Gasteiger partial charge in [0, 0.05) is 19.3 Å². The highest BCUT2D eigenvalue weighted by Gasteiger charge is 2.15. The van der Waals surface area contributed by atoms with Crippen LogP contribution in [0.15, 0.2) is 24.3 Å². The predicted octanol–water partition coefficient (Wildman–Crippen LogP) is 2.43. The summed E-state index contributed by atoms with van der Waals surface area (Å²) in [5.74, 6) is -0.157. The lowest BCUT2D eigenvalue weighted by molar-refractivity contribution is -0.384. The molecule has 0 unspecified atom stereocenters. The Morgan fingerprint density at radius 3 is 2.76 bits per heavy atom. The first kappa shape index (κ1) is 14.4. The summed E-state index contributed by atoms with van der Waals surface area (Å²) in [4.78, 5) is 10.4. The minimum atomic E-state index is -0.555. The number of aromatic nitrogens is 1. The number of hydrogen-bond donors (Lipinski definition) is 2. The summed E-state index contributed by atoms with van der Waals surface area (Å²) in [7, 11) is 1.79. The van der Waals surface area contributed by atoms with E-state index < -0.39 is 4.92 Å². The fourth-order valence-electron chi connectivity index (χ4n) is 2.06. The summed E-state index contributed by atoms with van der Waals surface area (Å²) in [5.41, 5.74) is 2.46. The van der Waals surface area contributed by atoms with E-state index in [1.807, 2.05) is 6.92 Å². The molecule has 7 heteroatoms. The number of nitriles is 1. The molecule has 108 valence electrons. The van der Waals surface area contributed by atoms with E-state index in [2.05, 4.69) is 11.4 Å². The van der Waals surface area contributed by atoms with E-state index in [1.54, 1.807) is 17.7 Å². The summed E-state index contributed by atoms with van der Waals surface area (Å²) >= 11 is 0. The average molecular weight is 286 g/mol. The Labute approximate surface area is 121 Å². The van der Waals surface area contributed by atoms with Crippen molar-refractivity contribution < 1.29 is 10.0 Å². The zero-order valence-electron chi connectivity index (χ0n) is 11.6. The number of phenolic OH excluding ortho intramolecular Hbond substituents is 1. The Bertz CT molecular complexity index is 743. The molecular weight excluding hydrogens is 272 g/mol. The smallest absolute Gasteiger partial charge is 0.296 e. The van der Waals surface area contributed by atoms with Crippen molar-refractivity contribution in [2.75, 3.05) is 5.32 Å². The first-order chi connectivity index (χ1) is 9.93. The Balaban J connectivity index is 2.25. The van der Waals surface area contributed by atoms with Gasteiger partial charge in [0.05, 0.1) is 11.0 Å². The molecule has 0 saturated carbocycles. The van der Waals surface area contributed by atoms with Gasteiger partial charge in [0.25, 0.3) is 5.69 Å². The van der Waals surface area contributed by atoms with Crippen LogP contribution < -0.4 is 5.32 Å². The molecule has 1 heterocycles. The average Bonchev–Trinajstić information content (AvgIpc) is 2.73. The molecule has 1 aromatic carbocycles. The van der Waals surface area contributed by atoms with Crippen LogP contribution in [0.3, 0.4) is 0 Å². The fraction of sp³-hybridized carbons (Fsp3) is 0.214. The Morgan fingerprint density at radius 2 is 2.19 bits per heavy atom. The Morgan fingerprint density at radius 1 is 1.48 bits per heavy atom. The highest BCUT2D eigenvalue weighted by molar-refractivity contribution is 5.63. The minimum absolute atomic E-state index is 0.157. The maximum atomic E-state index is 11.0. The predicted molar refractivity (Wildman–Crippen MR) is 77.0 cm³/mol. The third-order valence-corrected chi connectivity index (χ3v) is 3.40. The van der Waals surface area contributed by atoms with E-state index in [0.29, 0.717) is 17.9 Å². The van der Waals surface area contributed by atoms with Crippen LogP contribution in [0.5, 0.6) is 5.75 Å². The lowest BCUT2D eigenvalue weighted by Gasteiger charge is -2.07. The Hall–Kier alpha value is -3.01. The van der Waals surface area contributed by atoms with Gasteiger partial charge in [-0.25, -0.2) is 0 Å². The monoisotopic (exact) mass is 286 g/mol. The molecule has 0 spiro atoms. The highest BCUT2D eigenvalue weighted by Crippen LogP contribution is 2.29. The van der Waals surface area contributed by atoms with Crippen LogP contribution >= 0.6 is 0 Å². The van der Waals surface area contributed by atoms with E-state index in [0.717, 1.165) is 17.3 Å². The summed E-state index contributed by atoms with van der Waals surface area (Å²) in [5, 5.41) is 32.2. The van der Waals surface area contributed by atoms with Gasteiger partial charge in [-0.2, -0.15) is 5.26 Å². The van der Waals surface area contributed by atoms with Crippen LogP contribution in [0.25, 0.3) is 0 Å². The maximum Gasteiger partial charge on any atom is 0.296 e. The number of hydrogen-bond acceptors (Lipinski definition) is 5. The number of benzene rings is 1. The summed E-state index contributed by atoms with van der Waals surface area (Å²) in [6.07, 6.45) is 0. The first-order valence-electron chi connectivity index (χ1n) is 6.20. The highest BCUT2D eigenvalue weighted by atomic mass is 16.6. The number of nitro groups is 1. The molecule has 0 saturated heterocycles. The molecule has 0 radical (unpaired) electrons. The van der Waals surface area contributed by atoms with Gasteiger partial charge in [0.15, 0.2) is 0 Å². The van der Waals surface area contributed by atoms with Crippen LogP contribution in [-0.4, -0.2) is 14.6 Å². The SMILES string of the molecule is Cc1c(CNc2ccc(O)cc2[N+](=O)[O-])cc(C#N)n1C. The van der Waals surface area contributed by atoms with Gasteiger partial charge in [-0.3, -0.25) is 10.1 Å². The minimum Gasteiger partial charge on any atom is -0.508 e. The van der Waals surface area contributed by atoms with Crippen LogP contribution in [0.4, 0.5) is 11.4 Å². The quantitative estimate of drug-likeness (QED) is 0.510.